The molecule has 2 N–H and O–H groups in total. The topological polar surface area (TPSA) is 51.8 Å². The van der Waals surface area contributed by atoms with E-state index in [4.69, 9.17) is 5.73 Å². The van der Waals surface area contributed by atoms with E-state index >= 15 is 0 Å². The van der Waals surface area contributed by atoms with Crippen LogP contribution in [0, 0.1) is 0 Å². The number of rotatable bonds is 1. The number of nitrogens with two attached hydrogens (primary N) is 1. The molecule has 2 rings (SSSR count). The number of hydrogen-bond donors (Lipinski definition) is 1. The van der Waals surface area contributed by atoms with Gasteiger partial charge in [-0.1, -0.05) is 6.42 Å². The Morgan fingerprint density at radius 3 is 2.55 bits per heavy atom. The zero-order valence-corrected chi connectivity index (χ0v) is 6.33. The van der Waals surface area contributed by atoms with Gasteiger partial charge < -0.3 is 5.73 Å². The van der Waals surface area contributed by atoms with Crippen molar-refractivity contribution in [3.8, 4) is 0 Å². The molecule has 3 nitrogen and oxygen atoms in total. The summed E-state index contributed by atoms with van der Waals surface area (Å²) >= 11 is 0. The van der Waals surface area contributed by atoms with Crippen LogP contribution in [0.5, 0.6) is 0 Å². The van der Waals surface area contributed by atoms with Gasteiger partial charge in [-0.2, -0.15) is 5.10 Å². The van der Waals surface area contributed by atoms with E-state index in [1.807, 2.05) is 12.1 Å². The van der Waals surface area contributed by atoms with Gasteiger partial charge in [-0.05, 0) is 25.0 Å². The summed E-state index contributed by atoms with van der Waals surface area (Å²) in [6, 6.07) is 3.80. The van der Waals surface area contributed by atoms with Crippen LogP contribution in [-0.4, -0.2) is 10.2 Å². The summed E-state index contributed by atoms with van der Waals surface area (Å²) in [5, 5.41) is 7.84. The van der Waals surface area contributed by atoms with Gasteiger partial charge in [-0.15, -0.1) is 5.10 Å². The molecule has 0 amide bonds. The SMILES string of the molecule is Nc1ccc(C2CCC2)nn1. The minimum absolute atomic E-state index is 0.507. The molecule has 1 saturated carbocycles. The van der Waals surface area contributed by atoms with E-state index in [-0.39, 0.29) is 0 Å². The van der Waals surface area contributed by atoms with Gasteiger partial charge in [-0.25, -0.2) is 0 Å². The Labute approximate surface area is 65.6 Å². The summed E-state index contributed by atoms with van der Waals surface area (Å²) in [5.41, 5.74) is 6.51. The molecule has 0 bridgehead atoms. The first-order valence-electron chi connectivity index (χ1n) is 3.95. The first-order valence-corrected chi connectivity index (χ1v) is 3.95. The number of anilines is 1. The highest BCUT2D eigenvalue weighted by Crippen LogP contribution is 2.34. The number of aromatic nitrogens is 2. The zero-order chi connectivity index (χ0) is 7.68. The lowest BCUT2D eigenvalue weighted by Gasteiger charge is -2.23. The van der Waals surface area contributed by atoms with Crippen molar-refractivity contribution in [3.63, 3.8) is 0 Å². The normalized spacial score (nSPS) is 17.8. The van der Waals surface area contributed by atoms with E-state index in [1.165, 1.54) is 19.3 Å². The molecule has 1 aromatic heterocycles. The maximum atomic E-state index is 5.41. The molecule has 1 aromatic rings. The van der Waals surface area contributed by atoms with Crippen molar-refractivity contribution in [2.24, 2.45) is 0 Å². The molecule has 1 heterocycles. The summed E-state index contributed by atoms with van der Waals surface area (Å²) in [5.74, 6) is 1.16. The number of hydrogen-bond acceptors (Lipinski definition) is 3. The molecule has 1 fully saturated rings. The van der Waals surface area contributed by atoms with Crippen molar-refractivity contribution in [2.45, 2.75) is 25.2 Å². The van der Waals surface area contributed by atoms with Crippen molar-refractivity contribution in [3.05, 3.63) is 17.8 Å². The van der Waals surface area contributed by atoms with Crippen LogP contribution in [-0.2, 0) is 0 Å². The summed E-state index contributed by atoms with van der Waals surface area (Å²) in [4.78, 5) is 0. The molecule has 1 aliphatic rings. The summed E-state index contributed by atoms with van der Waals surface area (Å²) in [7, 11) is 0. The Morgan fingerprint density at radius 1 is 1.27 bits per heavy atom. The van der Waals surface area contributed by atoms with Crippen LogP contribution in [0.1, 0.15) is 30.9 Å². The molecular weight excluding hydrogens is 138 g/mol. The average Bonchev–Trinajstić information content (AvgIpc) is 1.90. The summed E-state index contributed by atoms with van der Waals surface area (Å²) < 4.78 is 0. The van der Waals surface area contributed by atoms with Crippen LogP contribution in [0.4, 0.5) is 5.82 Å². The molecule has 0 saturated heterocycles. The minimum Gasteiger partial charge on any atom is -0.382 e. The van der Waals surface area contributed by atoms with Crippen LogP contribution in [0.25, 0.3) is 0 Å². The number of nitrogen functional groups attached to an aromatic ring is 1. The Balaban J connectivity index is 2.18. The third kappa shape index (κ3) is 1.18. The maximum Gasteiger partial charge on any atom is 0.146 e. The minimum atomic E-state index is 0.507. The molecule has 0 radical (unpaired) electrons. The van der Waals surface area contributed by atoms with Gasteiger partial charge in [0.25, 0.3) is 0 Å². The Morgan fingerprint density at radius 2 is 2.09 bits per heavy atom. The van der Waals surface area contributed by atoms with Gasteiger partial charge in [0.1, 0.15) is 5.82 Å². The first-order chi connectivity index (χ1) is 5.36. The second-order valence-electron chi connectivity index (χ2n) is 3.01. The third-order valence-electron chi connectivity index (χ3n) is 2.23. The van der Waals surface area contributed by atoms with Gasteiger partial charge in [0.05, 0.1) is 5.69 Å². The van der Waals surface area contributed by atoms with Crippen LogP contribution >= 0.6 is 0 Å². The molecular formula is C8H11N3. The van der Waals surface area contributed by atoms with Crippen molar-refractivity contribution < 1.29 is 0 Å². The fourth-order valence-corrected chi connectivity index (χ4v) is 1.27. The monoisotopic (exact) mass is 149 g/mol. The predicted molar refractivity (Wildman–Crippen MR) is 43.0 cm³/mol. The van der Waals surface area contributed by atoms with Crippen molar-refractivity contribution in [1.29, 1.82) is 0 Å². The highest BCUT2D eigenvalue weighted by Gasteiger charge is 2.20. The average molecular weight is 149 g/mol. The summed E-state index contributed by atoms with van der Waals surface area (Å²) in [6.07, 6.45) is 3.86. The van der Waals surface area contributed by atoms with E-state index in [1.54, 1.807) is 0 Å². The quantitative estimate of drug-likeness (QED) is 0.655. The molecule has 0 spiro atoms. The van der Waals surface area contributed by atoms with Crippen LogP contribution in [0.3, 0.4) is 0 Å². The van der Waals surface area contributed by atoms with Gasteiger partial charge in [0, 0.05) is 5.92 Å². The number of nitrogens with zero attached hydrogens (tertiary/aromatic N) is 2. The standard InChI is InChI=1S/C8H11N3/c9-8-5-4-7(10-11-8)6-2-1-3-6/h4-6H,1-3H2,(H2,9,11). The van der Waals surface area contributed by atoms with Crippen LogP contribution < -0.4 is 5.73 Å². The molecule has 3 heteroatoms. The van der Waals surface area contributed by atoms with Crippen LogP contribution in [0.15, 0.2) is 12.1 Å². The van der Waals surface area contributed by atoms with E-state index in [0.29, 0.717) is 11.7 Å². The Hall–Kier alpha value is -1.12. The fraction of sp³-hybridized carbons (Fsp3) is 0.500. The first kappa shape index (κ1) is 6.58. The highest BCUT2D eigenvalue weighted by molar-refractivity contribution is 5.26. The van der Waals surface area contributed by atoms with E-state index in [0.717, 1.165) is 5.69 Å². The van der Waals surface area contributed by atoms with Crippen LogP contribution in [0.2, 0.25) is 0 Å². The van der Waals surface area contributed by atoms with Crippen molar-refractivity contribution in [2.75, 3.05) is 5.73 Å². The second-order valence-corrected chi connectivity index (χ2v) is 3.01. The molecule has 0 unspecified atom stereocenters. The lowest BCUT2D eigenvalue weighted by molar-refractivity contribution is 0.408. The van der Waals surface area contributed by atoms with Gasteiger partial charge in [0.15, 0.2) is 0 Å². The summed E-state index contributed by atoms with van der Waals surface area (Å²) in [6.45, 7) is 0. The van der Waals surface area contributed by atoms with E-state index in [2.05, 4.69) is 10.2 Å². The predicted octanol–water partition coefficient (Wildman–Crippen LogP) is 1.33. The molecule has 1 aliphatic carbocycles. The smallest absolute Gasteiger partial charge is 0.146 e. The lowest BCUT2D eigenvalue weighted by Crippen LogP contribution is -2.11. The maximum absolute atomic E-state index is 5.41. The van der Waals surface area contributed by atoms with Crippen molar-refractivity contribution in [1.82, 2.24) is 10.2 Å². The van der Waals surface area contributed by atoms with Gasteiger partial charge in [0.2, 0.25) is 0 Å². The van der Waals surface area contributed by atoms with Gasteiger partial charge >= 0.3 is 0 Å². The van der Waals surface area contributed by atoms with E-state index in [9.17, 15) is 0 Å². The Kier molecular flexibility index (Phi) is 1.49. The molecule has 11 heavy (non-hydrogen) atoms. The van der Waals surface area contributed by atoms with E-state index < -0.39 is 0 Å². The lowest BCUT2D eigenvalue weighted by atomic mass is 9.83. The second kappa shape index (κ2) is 2.49. The third-order valence-corrected chi connectivity index (χ3v) is 2.23. The Bertz CT molecular complexity index is 238. The molecule has 0 aromatic carbocycles. The zero-order valence-electron chi connectivity index (χ0n) is 6.33. The molecule has 58 valence electrons. The van der Waals surface area contributed by atoms with Crippen molar-refractivity contribution >= 4 is 5.82 Å². The largest absolute Gasteiger partial charge is 0.382 e. The van der Waals surface area contributed by atoms with Gasteiger partial charge in [-0.3, -0.25) is 0 Å². The molecule has 0 aliphatic heterocycles. The highest BCUT2D eigenvalue weighted by atomic mass is 15.1. The molecule has 0 atom stereocenters. The fourth-order valence-electron chi connectivity index (χ4n) is 1.27.